The van der Waals surface area contributed by atoms with Crippen LogP contribution in [0.4, 0.5) is 0 Å². The molecule has 0 aromatic carbocycles. The summed E-state index contributed by atoms with van der Waals surface area (Å²) in [6.45, 7) is 4.11. The van der Waals surface area contributed by atoms with E-state index >= 15 is 0 Å². The summed E-state index contributed by atoms with van der Waals surface area (Å²) in [6.07, 6.45) is 18.8. The second-order valence-electron chi connectivity index (χ2n) is 8.14. The minimum atomic E-state index is -4.13. The van der Waals surface area contributed by atoms with Crippen LogP contribution < -0.4 is 29.6 Å². The van der Waals surface area contributed by atoms with Crippen molar-refractivity contribution >= 4 is 10.1 Å². The van der Waals surface area contributed by atoms with Gasteiger partial charge in [0.1, 0.15) is 0 Å². The fourth-order valence-electron chi connectivity index (χ4n) is 3.60. The average molecular weight is 429 g/mol. The molecule has 0 amide bonds. The van der Waals surface area contributed by atoms with Gasteiger partial charge in [0.15, 0.2) is 0 Å². The van der Waals surface area contributed by atoms with Crippen molar-refractivity contribution in [1.29, 1.82) is 0 Å². The number of aliphatic hydroxyl groups is 1. The molecule has 0 aliphatic carbocycles. The molecule has 1 N–H and O–H groups in total. The molecule has 2 unspecified atom stereocenters. The zero-order valence-electron chi connectivity index (χ0n) is 19.0. The standard InChI is InChI=1S/C22H46O4S.Na/c1-3-5-15-19-22(27(24,25)26)20-17-14-12-10-8-6-7-9-11-13-16-18-21(23)4-2;/h21-23H,3-20H2,1-2H3,(H,24,25,26);/q;+1/p-1. The van der Waals surface area contributed by atoms with Crippen LogP contribution in [-0.4, -0.2) is 29.4 Å². The molecule has 0 aromatic heterocycles. The molecule has 0 radical (unpaired) electrons. The van der Waals surface area contributed by atoms with Crippen molar-refractivity contribution in [2.24, 2.45) is 0 Å². The Kier molecular flexibility index (Phi) is 23.4. The smallest absolute Gasteiger partial charge is 0.748 e. The van der Waals surface area contributed by atoms with Crippen LogP contribution in [0.3, 0.4) is 0 Å². The van der Waals surface area contributed by atoms with Crippen LogP contribution >= 0.6 is 0 Å². The molecule has 28 heavy (non-hydrogen) atoms. The molecular weight excluding hydrogens is 383 g/mol. The van der Waals surface area contributed by atoms with Crippen molar-refractivity contribution < 1.29 is 47.6 Å². The van der Waals surface area contributed by atoms with Crippen molar-refractivity contribution in [3.63, 3.8) is 0 Å². The molecular formula is C22H45NaO4S. The van der Waals surface area contributed by atoms with Crippen LogP contribution in [0, 0.1) is 0 Å². The second-order valence-corrected chi connectivity index (χ2v) is 9.79. The zero-order chi connectivity index (χ0) is 20.4. The minimum absolute atomic E-state index is 0. The van der Waals surface area contributed by atoms with E-state index in [0.717, 1.165) is 57.8 Å². The molecule has 4 nitrogen and oxygen atoms in total. The number of hydrogen-bond donors (Lipinski definition) is 1. The van der Waals surface area contributed by atoms with Gasteiger partial charge in [0.25, 0.3) is 0 Å². The second kappa shape index (κ2) is 21.1. The maximum absolute atomic E-state index is 11.3. The van der Waals surface area contributed by atoms with Crippen molar-refractivity contribution in [1.82, 2.24) is 0 Å². The first kappa shape index (κ1) is 31.1. The molecule has 0 spiro atoms. The van der Waals surface area contributed by atoms with E-state index in [4.69, 9.17) is 0 Å². The normalized spacial score (nSPS) is 13.9. The number of hydrogen-bond acceptors (Lipinski definition) is 4. The summed E-state index contributed by atoms with van der Waals surface area (Å²) in [5.41, 5.74) is 0. The molecule has 0 saturated carbocycles. The third-order valence-electron chi connectivity index (χ3n) is 5.57. The van der Waals surface area contributed by atoms with E-state index in [1.54, 1.807) is 0 Å². The minimum Gasteiger partial charge on any atom is -0.748 e. The Morgan fingerprint density at radius 3 is 1.39 bits per heavy atom. The van der Waals surface area contributed by atoms with Crippen LogP contribution in [0.25, 0.3) is 0 Å². The van der Waals surface area contributed by atoms with Gasteiger partial charge in [-0.25, -0.2) is 8.42 Å². The summed E-state index contributed by atoms with van der Waals surface area (Å²) >= 11 is 0. The monoisotopic (exact) mass is 428 g/mol. The zero-order valence-corrected chi connectivity index (χ0v) is 21.8. The fraction of sp³-hybridized carbons (Fsp3) is 1.00. The summed E-state index contributed by atoms with van der Waals surface area (Å²) in [6, 6.07) is 0. The molecule has 0 fully saturated rings. The van der Waals surface area contributed by atoms with E-state index in [0.29, 0.717) is 12.8 Å². The van der Waals surface area contributed by atoms with Crippen molar-refractivity contribution in [3.05, 3.63) is 0 Å². The van der Waals surface area contributed by atoms with Gasteiger partial charge >= 0.3 is 29.6 Å². The summed E-state index contributed by atoms with van der Waals surface area (Å²) in [4.78, 5) is 0. The fourth-order valence-corrected chi connectivity index (χ4v) is 4.51. The van der Waals surface area contributed by atoms with Crippen LogP contribution in [0.5, 0.6) is 0 Å². The van der Waals surface area contributed by atoms with E-state index in [2.05, 4.69) is 6.92 Å². The maximum Gasteiger partial charge on any atom is 1.00 e. The van der Waals surface area contributed by atoms with E-state index in [1.165, 1.54) is 44.9 Å². The van der Waals surface area contributed by atoms with Gasteiger partial charge in [-0.15, -0.1) is 0 Å². The largest absolute Gasteiger partial charge is 1.00 e. The van der Waals surface area contributed by atoms with E-state index in [-0.39, 0.29) is 35.7 Å². The Balaban J connectivity index is 0. The third kappa shape index (κ3) is 20.2. The number of aliphatic hydroxyl groups excluding tert-OH is 1. The average Bonchev–Trinajstić information content (AvgIpc) is 2.62. The molecule has 0 rings (SSSR count). The summed E-state index contributed by atoms with van der Waals surface area (Å²) in [5, 5.41) is 8.83. The van der Waals surface area contributed by atoms with Gasteiger partial charge in [0.05, 0.1) is 16.2 Å². The predicted octanol–water partition coefficient (Wildman–Crippen LogP) is 3.33. The first-order valence-electron chi connectivity index (χ1n) is 11.5. The van der Waals surface area contributed by atoms with Gasteiger partial charge in [-0.2, -0.15) is 0 Å². The van der Waals surface area contributed by atoms with Crippen LogP contribution in [0.15, 0.2) is 0 Å². The van der Waals surface area contributed by atoms with Crippen LogP contribution in [0.1, 0.15) is 129 Å². The van der Waals surface area contributed by atoms with Crippen molar-refractivity contribution in [3.8, 4) is 0 Å². The number of unbranched alkanes of at least 4 members (excludes halogenated alkanes) is 12. The Morgan fingerprint density at radius 1 is 0.679 bits per heavy atom. The maximum atomic E-state index is 11.3. The van der Waals surface area contributed by atoms with E-state index in [1.807, 2.05) is 6.92 Å². The van der Waals surface area contributed by atoms with Gasteiger partial charge in [-0.1, -0.05) is 104 Å². The van der Waals surface area contributed by atoms with Crippen LogP contribution in [0.2, 0.25) is 0 Å². The Bertz CT molecular complexity index is 415. The van der Waals surface area contributed by atoms with Crippen LogP contribution in [-0.2, 0) is 10.1 Å². The molecule has 0 bridgehead atoms. The Labute approximate surface area is 197 Å². The predicted molar refractivity (Wildman–Crippen MR) is 114 cm³/mol. The van der Waals surface area contributed by atoms with Crippen molar-refractivity contribution in [2.45, 2.75) is 141 Å². The van der Waals surface area contributed by atoms with Gasteiger partial charge in [-0.05, 0) is 25.7 Å². The number of rotatable bonds is 20. The van der Waals surface area contributed by atoms with Gasteiger partial charge in [-0.3, -0.25) is 0 Å². The molecule has 0 heterocycles. The quantitative estimate of drug-likeness (QED) is 0.183. The Morgan fingerprint density at radius 2 is 1.04 bits per heavy atom. The van der Waals surface area contributed by atoms with Gasteiger partial charge in [0, 0.05) is 5.25 Å². The first-order valence-corrected chi connectivity index (χ1v) is 13.0. The SMILES string of the molecule is CCCCCC(CCCCCCCCCCCCCC(O)CC)S(=O)(=O)[O-].[Na+]. The molecule has 164 valence electrons. The molecule has 0 aliphatic rings. The molecule has 2 atom stereocenters. The van der Waals surface area contributed by atoms with E-state index in [9.17, 15) is 18.1 Å². The molecule has 0 saturated heterocycles. The van der Waals surface area contributed by atoms with Crippen molar-refractivity contribution in [2.75, 3.05) is 0 Å². The third-order valence-corrected chi connectivity index (χ3v) is 6.86. The molecule has 0 aromatic rings. The molecule has 6 heteroatoms. The van der Waals surface area contributed by atoms with Gasteiger partial charge < -0.3 is 9.66 Å². The summed E-state index contributed by atoms with van der Waals surface area (Å²) < 4.78 is 34.0. The Hall–Kier alpha value is 0.870. The summed E-state index contributed by atoms with van der Waals surface area (Å²) in [5.74, 6) is 0. The first-order chi connectivity index (χ1) is 12.9. The van der Waals surface area contributed by atoms with Gasteiger partial charge in [0.2, 0.25) is 0 Å². The summed E-state index contributed by atoms with van der Waals surface area (Å²) in [7, 11) is -4.13. The molecule has 0 aliphatic heterocycles. The topological polar surface area (TPSA) is 77.4 Å². The van der Waals surface area contributed by atoms with E-state index < -0.39 is 15.4 Å².